The van der Waals surface area contributed by atoms with Gasteiger partial charge in [-0.05, 0) is 54.8 Å². The number of benzene rings is 2. The average Bonchev–Trinajstić information content (AvgIpc) is 3.15. The number of nitrogens with one attached hydrogen (secondary N) is 2. The molecule has 5 heteroatoms. The average molecular weight is 365 g/mol. The van der Waals surface area contributed by atoms with Crippen LogP contribution < -0.4 is 10.6 Å². The number of hydrogen-bond donors (Lipinski definition) is 2. The fourth-order valence-corrected chi connectivity index (χ4v) is 3.32. The van der Waals surface area contributed by atoms with Crippen molar-refractivity contribution in [3.8, 4) is 0 Å². The van der Waals surface area contributed by atoms with Gasteiger partial charge in [0.1, 0.15) is 0 Å². The third kappa shape index (κ3) is 6.22. The Balaban J connectivity index is 1.43. The van der Waals surface area contributed by atoms with E-state index in [0.29, 0.717) is 13.0 Å². The summed E-state index contributed by atoms with van der Waals surface area (Å²) in [4.78, 5) is 25.7. The lowest BCUT2D eigenvalue weighted by Crippen LogP contribution is -2.24. The summed E-state index contributed by atoms with van der Waals surface area (Å²) in [6.45, 7) is 5.42. The highest BCUT2D eigenvalue weighted by Gasteiger charge is 2.11. The first-order valence-electron chi connectivity index (χ1n) is 9.52. The van der Waals surface area contributed by atoms with E-state index in [1.54, 1.807) is 0 Å². The number of nitrogens with zero attached hydrogens (tertiary/aromatic N) is 1. The fraction of sp³-hybridized carbons (Fsp3) is 0.364. The second-order valence-corrected chi connectivity index (χ2v) is 7.13. The molecule has 1 saturated heterocycles. The maximum atomic E-state index is 12.2. The normalized spacial score (nSPS) is 14.1. The molecule has 0 aliphatic carbocycles. The lowest BCUT2D eigenvalue weighted by atomic mass is 10.1. The van der Waals surface area contributed by atoms with Gasteiger partial charge in [0.2, 0.25) is 11.8 Å². The zero-order valence-electron chi connectivity index (χ0n) is 15.8. The highest BCUT2D eigenvalue weighted by molar-refractivity contribution is 5.88. The molecule has 5 nitrogen and oxygen atoms in total. The minimum atomic E-state index is -0.105. The molecule has 1 aliphatic rings. The molecule has 0 radical (unpaired) electrons. The molecule has 3 rings (SSSR count). The maximum Gasteiger partial charge on any atom is 0.224 e. The van der Waals surface area contributed by atoms with E-state index >= 15 is 0 Å². The summed E-state index contributed by atoms with van der Waals surface area (Å²) in [6, 6.07) is 15.8. The smallest absolute Gasteiger partial charge is 0.224 e. The molecule has 2 aromatic rings. The predicted octanol–water partition coefficient (Wildman–Crippen LogP) is 3.10. The molecule has 1 aliphatic heterocycles. The zero-order chi connectivity index (χ0) is 19.1. The van der Waals surface area contributed by atoms with Crippen molar-refractivity contribution in [2.75, 3.05) is 18.4 Å². The number of carbonyl (C=O) groups excluding carboxylic acids is 2. The summed E-state index contributed by atoms with van der Waals surface area (Å²) in [7, 11) is 0. The summed E-state index contributed by atoms with van der Waals surface area (Å²) >= 11 is 0. The molecule has 0 atom stereocenters. The summed E-state index contributed by atoms with van der Waals surface area (Å²) in [5.74, 6) is -0.115. The van der Waals surface area contributed by atoms with Crippen molar-refractivity contribution in [2.24, 2.45) is 0 Å². The zero-order valence-corrected chi connectivity index (χ0v) is 15.8. The SMILES string of the molecule is CC(=O)Nc1ccc(CC(=O)NCc2ccc(CN3CCCC3)cc2)cc1. The van der Waals surface area contributed by atoms with Gasteiger partial charge in [0, 0.05) is 25.7 Å². The van der Waals surface area contributed by atoms with Gasteiger partial charge in [0.05, 0.1) is 6.42 Å². The maximum absolute atomic E-state index is 12.2. The first-order chi connectivity index (χ1) is 13.1. The van der Waals surface area contributed by atoms with E-state index in [1.165, 1.54) is 38.4 Å². The van der Waals surface area contributed by atoms with Crippen LogP contribution in [-0.2, 0) is 29.1 Å². The lowest BCUT2D eigenvalue weighted by Gasteiger charge is -2.14. The first kappa shape index (κ1) is 19.1. The van der Waals surface area contributed by atoms with Gasteiger partial charge in [-0.15, -0.1) is 0 Å². The van der Waals surface area contributed by atoms with E-state index in [1.807, 2.05) is 24.3 Å². The second kappa shape index (κ2) is 9.33. The van der Waals surface area contributed by atoms with Crippen LogP contribution >= 0.6 is 0 Å². The Kier molecular flexibility index (Phi) is 6.60. The molecule has 2 N–H and O–H groups in total. The Labute approximate surface area is 160 Å². The van der Waals surface area contributed by atoms with Crippen molar-refractivity contribution in [3.05, 3.63) is 65.2 Å². The van der Waals surface area contributed by atoms with Crippen molar-refractivity contribution in [2.45, 2.75) is 39.3 Å². The van der Waals surface area contributed by atoms with Crippen LogP contribution in [0.15, 0.2) is 48.5 Å². The van der Waals surface area contributed by atoms with Crippen LogP contribution in [0.5, 0.6) is 0 Å². The molecule has 142 valence electrons. The highest BCUT2D eigenvalue weighted by atomic mass is 16.2. The van der Waals surface area contributed by atoms with E-state index < -0.39 is 0 Å². The van der Waals surface area contributed by atoms with Gasteiger partial charge in [0.25, 0.3) is 0 Å². The number of likely N-dealkylation sites (tertiary alicyclic amines) is 1. The van der Waals surface area contributed by atoms with E-state index in [2.05, 4.69) is 39.8 Å². The van der Waals surface area contributed by atoms with Crippen molar-refractivity contribution in [3.63, 3.8) is 0 Å². The van der Waals surface area contributed by atoms with E-state index in [0.717, 1.165) is 23.4 Å². The van der Waals surface area contributed by atoms with Crippen LogP contribution in [0.25, 0.3) is 0 Å². The number of rotatable bonds is 7. The number of carbonyl (C=O) groups is 2. The van der Waals surface area contributed by atoms with Crippen LogP contribution in [0.3, 0.4) is 0 Å². The third-order valence-corrected chi connectivity index (χ3v) is 4.76. The minimum Gasteiger partial charge on any atom is -0.352 e. The Morgan fingerprint density at radius 2 is 1.48 bits per heavy atom. The van der Waals surface area contributed by atoms with Crippen LogP contribution in [0, 0.1) is 0 Å². The third-order valence-electron chi connectivity index (χ3n) is 4.76. The number of amides is 2. The van der Waals surface area contributed by atoms with Crippen molar-refractivity contribution in [1.82, 2.24) is 10.2 Å². The van der Waals surface area contributed by atoms with Crippen LogP contribution in [-0.4, -0.2) is 29.8 Å². The van der Waals surface area contributed by atoms with Gasteiger partial charge < -0.3 is 10.6 Å². The predicted molar refractivity (Wildman–Crippen MR) is 107 cm³/mol. The Morgan fingerprint density at radius 3 is 2.11 bits per heavy atom. The Bertz CT molecular complexity index is 763. The molecule has 0 bridgehead atoms. The summed E-state index contributed by atoms with van der Waals surface area (Å²) < 4.78 is 0. The summed E-state index contributed by atoms with van der Waals surface area (Å²) in [5.41, 5.74) is 4.09. The van der Waals surface area contributed by atoms with E-state index in [4.69, 9.17) is 0 Å². The Morgan fingerprint density at radius 1 is 0.889 bits per heavy atom. The molecule has 2 aromatic carbocycles. The lowest BCUT2D eigenvalue weighted by molar-refractivity contribution is -0.120. The van der Waals surface area contributed by atoms with Crippen LogP contribution in [0.2, 0.25) is 0 Å². The molecule has 2 amide bonds. The molecule has 27 heavy (non-hydrogen) atoms. The van der Waals surface area contributed by atoms with Gasteiger partial charge in [-0.2, -0.15) is 0 Å². The molecule has 1 fully saturated rings. The molecule has 0 aromatic heterocycles. The monoisotopic (exact) mass is 365 g/mol. The van der Waals surface area contributed by atoms with E-state index in [-0.39, 0.29) is 11.8 Å². The number of hydrogen-bond acceptors (Lipinski definition) is 3. The number of anilines is 1. The van der Waals surface area contributed by atoms with Crippen molar-refractivity contribution < 1.29 is 9.59 Å². The molecule has 0 spiro atoms. The van der Waals surface area contributed by atoms with E-state index in [9.17, 15) is 9.59 Å². The molecular weight excluding hydrogens is 338 g/mol. The van der Waals surface area contributed by atoms with Gasteiger partial charge in [-0.1, -0.05) is 36.4 Å². The van der Waals surface area contributed by atoms with Gasteiger partial charge in [0.15, 0.2) is 0 Å². The topological polar surface area (TPSA) is 61.4 Å². The molecule has 0 saturated carbocycles. The highest BCUT2D eigenvalue weighted by Crippen LogP contribution is 2.13. The second-order valence-electron chi connectivity index (χ2n) is 7.13. The summed E-state index contributed by atoms with van der Waals surface area (Å²) in [6.07, 6.45) is 2.94. The standard InChI is InChI=1S/C22H27N3O2/c1-17(26)24-21-10-8-18(9-11-21)14-22(27)23-15-19-4-6-20(7-5-19)16-25-12-2-3-13-25/h4-11H,2-3,12-16H2,1H3,(H,23,27)(H,24,26). The summed E-state index contributed by atoms with van der Waals surface area (Å²) in [5, 5.41) is 5.68. The van der Waals surface area contributed by atoms with Gasteiger partial charge >= 0.3 is 0 Å². The Hall–Kier alpha value is -2.66. The minimum absolute atomic E-state index is 0.0107. The molecule has 0 unspecified atom stereocenters. The van der Waals surface area contributed by atoms with Crippen LogP contribution in [0.4, 0.5) is 5.69 Å². The van der Waals surface area contributed by atoms with Gasteiger partial charge in [-0.3, -0.25) is 14.5 Å². The quantitative estimate of drug-likeness (QED) is 0.793. The molecular formula is C22H27N3O2. The van der Waals surface area contributed by atoms with Crippen molar-refractivity contribution in [1.29, 1.82) is 0 Å². The van der Waals surface area contributed by atoms with Crippen molar-refractivity contribution >= 4 is 17.5 Å². The van der Waals surface area contributed by atoms with Gasteiger partial charge in [-0.25, -0.2) is 0 Å². The van der Waals surface area contributed by atoms with Crippen LogP contribution in [0.1, 0.15) is 36.5 Å². The molecule has 1 heterocycles. The fourth-order valence-electron chi connectivity index (χ4n) is 3.32. The largest absolute Gasteiger partial charge is 0.352 e. The first-order valence-corrected chi connectivity index (χ1v) is 9.52.